The van der Waals surface area contributed by atoms with E-state index in [1.54, 1.807) is 0 Å². The van der Waals surface area contributed by atoms with Gasteiger partial charge < -0.3 is 4.74 Å². The average Bonchev–Trinajstić information content (AvgIpc) is 2.14. The number of halogens is 4. The van der Waals surface area contributed by atoms with Crippen LogP contribution in [0.3, 0.4) is 0 Å². The lowest BCUT2D eigenvalue weighted by Gasteiger charge is -2.12. The van der Waals surface area contributed by atoms with E-state index >= 15 is 0 Å². The molecule has 0 heterocycles. The van der Waals surface area contributed by atoms with Crippen molar-refractivity contribution >= 4 is 17.4 Å². The molecule has 0 saturated heterocycles. The lowest BCUT2D eigenvalue weighted by molar-refractivity contribution is -0.137. The van der Waals surface area contributed by atoms with Gasteiger partial charge in [0.2, 0.25) is 0 Å². The van der Waals surface area contributed by atoms with Crippen molar-refractivity contribution in [1.82, 2.24) is 0 Å². The summed E-state index contributed by atoms with van der Waals surface area (Å²) in [6.07, 6.45) is -4.52. The van der Waals surface area contributed by atoms with Crippen LogP contribution in [0.5, 0.6) is 5.75 Å². The Kier molecular flexibility index (Phi) is 3.48. The normalized spacial score (nSPS) is 11.4. The van der Waals surface area contributed by atoms with Gasteiger partial charge in [0, 0.05) is 0 Å². The van der Waals surface area contributed by atoms with Crippen LogP contribution < -0.4 is 4.74 Å². The standard InChI is InChI=1S/C10H8ClF3O2/c1-5(15)9-7(11)3-6(10(12,13)14)4-8(9)16-2/h3-4H,1-2H3. The van der Waals surface area contributed by atoms with Gasteiger partial charge in [0.15, 0.2) is 5.78 Å². The fourth-order valence-electron chi connectivity index (χ4n) is 1.25. The number of ether oxygens (including phenoxy) is 1. The SMILES string of the molecule is COc1cc(C(F)(F)F)cc(Cl)c1C(C)=O. The van der Waals surface area contributed by atoms with E-state index in [4.69, 9.17) is 16.3 Å². The van der Waals surface area contributed by atoms with E-state index in [1.165, 1.54) is 14.0 Å². The van der Waals surface area contributed by atoms with Gasteiger partial charge in [-0.05, 0) is 19.1 Å². The number of ketones is 1. The van der Waals surface area contributed by atoms with Crippen molar-refractivity contribution in [1.29, 1.82) is 0 Å². The quantitative estimate of drug-likeness (QED) is 0.752. The molecule has 1 rings (SSSR count). The molecular weight excluding hydrogens is 245 g/mol. The molecule has 0 fully saturated rings. The third-order valence-corrected chi connectivity index (χ3v) is 2.25. The van der Waals surface area contributed by atoms with Crippen LogP contribution in [-0.4, -0.2) is 12.9 Å². The minimum absolute atomic E-state index is 0.0443. The van der Waals surface area contributed by atoms with Gasteiger partial charge in [-0.2, -0.15) is 13.2 Å². The molecule has 0 spiro atoms. The highest BCUT2D eigenvalue weighted by Gasteiger charge is 2.32. The van der Waals surface area contributed by atoms with Crippen molar-refractivity contribution in [2.45, 2.75) is 13.1 Å². The van der Waals surface area contributed by atoms with Crippen molar-refractivity contribution in [3.63, 3.8) is 0 Å². The Morgan fingerprint density at radius 1 is 1.38 bits per heavy atom. The number of Topliss-reactive ketones (excluding diaryl/α,β-unsaturated/α-hetero) is 1. The van der Waals surface area contributed by atoms with Gasteiger partial charge >= 0.3 is 6.18 Å². The number of benzene rings is 1. The van der Waals surface area contributed by atoms with Crippen molar-refractivity contribution in [2.75, 3.05) is 7.11 Å². The van der Waals surface area contributed by atoms with E-state index in [-0.39, 0.29) is 16.3 Å². The summed E-state index contributed by atoms with van der Waals surface area (Å²) in [6.45, 7) is 1.21. The number of carbonyl (C=O) groups is 1. The summed E-state index contributed by atoms with van der Waals surface area (Å²) in [6, 6.07) is 1.46. The second kappa shape index (κ2) is 4.33. The number of carbonyl (C=O) groups excluding carboxylic acids is 1. The predicted octanol–water partition coefficient (Wildman–Crippen LogP) is 3.57. The zero-order valence-electron chi connectivity index (χ0n) is 8.48. The molecule has 1 aromatic carbocycles. The summed E-state index contributed by atoms with van der Waals surface area (Å²) in [5.41, 5.74) is -0.989. The third-order valence-electron chi connectivity index (χ3n) is 1.95. The Bertz CT molecular complexity index is 427. The van der Waals surface area contributed by atoms with Crippen molar-refractivity contribution in [2.24, 2.45) is 0 Å². The summed E-state index contributed by atoms with van der Waals surface area (Å²) < 4.78 is 42.0. The summed E-state index contributed by atoms with van der Waals surface area (Å²) in [5, 5.41) is -0.265. The van der Waals surface area contributed by atoms with E-state index in [0.717, 1.165) is 6.07 Å². The van der Waals surface area contributed by atoms with Gasteiger partial charge in [-0.1, -0.05) is 11.6 Å². The largest absolute Gasteiger partial charge is 0.496 e. The Hall–Kier alpha value is -1.23. The van der Waals surface area contributed by atoms with Crippen LogP contribution in [0.15, 0.2) is 12.1 Å². The summed E-state index contributed by atoms with van der Waals surface area (Å²) >= 11 is 5.61. The van der Waals surface area contributed by atoms with Crippen LogP contribution in [0, 0.1) is 0 Å². The minimum atomic E-state index is -4.52. The van der Waals surface area contributed by atoms with Gasteiger partial charge in [-0.15, -0.1) is 0 Å². The molecule has 88 valence electrons. The lowest BCUT2D eigenvalue weighted by atomic mass is 10.1. The highest BCUT2D eigenvalue weighted by molar-refractivity contribution is 6.34. The van der Waals surface area contributed by atoms with Gasteiger partial charge in [0.25, 0.3) is 0 Å². The van der Waals surface area contributed by atoms with Gasteiger partial charge in [-0.3, -0.25) is 4.79 Å². The molecule has 0 aliphatic heterocycles. The first-order valence-corrected chi connectivity index (χ1v) is 4.61. The molecule has 6 heteroatoms. The summed E-state index contributed by atoms with van der Waals surface area (Å²) in [7, 11) is 1.18. The molecule has 0 aromatic heterocycles. The van der Waals surface area contributed by atoms with Crippen molar-refractivity contribution in [3.8, 4) is 5.75 Å². The van der Waals surface area contributed by atoms with Crippen LogP contribution in [-0.2, 0) is 6.18 Å². The van der Waals surface area contributed by atoms with Crippen molar-refractivity contribution < 1.29 is 22.7 Å². The van der Waals surface area contributed by atoms with Crippen molar-refractivity contribution in [3.05, 3.63) is 28.3 Å². The zero-order chi connectivity index (χ0) is 12.5. The predicted molar refractivity (Wildman–Crippen MR) is 53.0 cm³/mol. The monoisotopic (exact) mass is 252 g/mol. The van der Waals surface area contributed by atoms with Gasteiger partial charge in [0.05, 0.1) is 23.3 Å². The summed E-state index contributed by atoms with van der Waals surface area (Å²) in [4.78, 5) is 11.2. The maximum absolute atomic E-state index is 12.4. The van der Waals surface area contributed by atoms with Crippen LogP contribution in [0.4, 0.5) is 13.2 Å². The van der Waals surface area contributed by atoms with E-state index in [9.17, 15) is 18.0 Å². The molecular formula is C10H8ClF3O2. The first-order valence-electron chi connectivity index (χ1n) is 4.23. The molecule has 2 nitrogen and oxygen atoms in total. The highest BCUT2D eigenvalue weighted by atomic mass is 35.5. The van der Waals surface area contributed by atoms with E-state index in [1.807, 2.05) is 0 Å². The Balaban J connectivity index is 3.44. The number of rotatable bonds is 2. The fraction of sp³-hybridized carbons (Fsp3) is 0.300. The number of hydrogen-bond acceptors (Lipinski definition) is 2. The molecule has 0 atom stereocenters. The second-order valence-electron chi connectivity index (χ2n) is 3.09. The number of methoxy groups -OCH3 is 1. The molecule has 0 unspecified atom stereocenters. The minimum Gasteiger partial charge on any atom is -0.496 e. The topological polar surface area (TPSA) is 26.3 Å². The molecule has 1 aromatic rings. The van der Waals surface area contributed by atoms with E-state index in [0.29, 0.717) is 6.07 Å². The number of alkyl halides is 3. The maximum Gasteiger partial charge on any atom is 0.416 e. The number of hydrogen-bond donors (Lipinski definition) is 0. The second-order valence-corrected chi connectivity index (χ2v) is 3.50. The Morgan fingerprint density at radius 2 is 1.94 bits per heavy atom. The van der Waals surface area contributed by atoms with Crippen LogP contribution >= 0.6 is 11.6 Å². The Morgan fingerprint density at radius 3 is 2.31 bits per heavy atom. The molecule has 0 radical (unpaired) electrons. The fourth-order valence-corrected chi connectivity index (χ4v) is 1.59. The van der Waals surface area contributed by atoms with Crippen LogP contribution in [0.2, 0.25) is 5.02 Å². The molecule has 0 saturated carbocycles. The molecule has 0 aliphatic carbocycles. The third kappa shape index (κ3) is 2.47. The first-order chi connectivity index (χ1) is 7.27. The first kappa shape index (κ1) is 12.8. The zero-order valence-corrected chi connectivity index (χ0v) is 9.24. The highest BCUT2D eigenvalue weighted by Crippen LogP contribution is 2.37. The smallest absolute Gasteiger partial charge is 0.416 e. The lowest BCUT2D eigenvalue weighted by Crippen LogP contribution is -2.08. The Labute approximate surface area is 95.0 Å². The molecule has 16 heavy (non-hydrogen) atoms. The molecule has 0 bridgehead atoms. The summed E-state index contributed by atoms with van der Waals surface area (Å²) in [5.74, 6) is -0.622. The van der Waals surface area contributed by atoms with Gasteiger partial charge in [-0.25, -0.2) is 0 Å². The van der Waals surface area contributed by atoms with Crippen LogP contribution in [0.1, 0.15) is 22.8 Å². The maximum atomic E-state index is 12.4. The van der Waals surface area contributed by atoms with E-state index < -0.39 is 17.5 Å². The molecule has 0 N–H and O–H groups in total. The average molecular weight is 253 g/mol. The van der Waals surface area contributed by atoms with E-state index in [2.05, 4.69) is 0 Å². The molecule has 0 amide bonds. The van der Waals surface area contributed by atoms with Crippen LogP contribution in [0.25, 0.3) is 0 Å². The van der Waals surface area contributed by atoms with Gasteiger partial charge in [0.1, 0.15) is 5.75 Å². The molecule has 0 aliphatic rings.